The van der Waals surface area contributed by atoms with Gasteiger partial charge in [0, 0.05) is 6.92 Å². The van der Waals surface area contributed by atoms with E-state index in [9.17, 15) is 18.0 Å². The SMILES string of the molecule is COc1cc(/C=N\NC(=O)[C@@H](NS(=O)(=O)c2ccc(C)cc2)C(C)C)cc(I)c1OC(C)=O. The van der Waals surface area contributed by atoms with E-state index >= 15 is 0 Å². The van der Waals surface area contributed by atoms with Crippen LogP contribution in [0.5, 0.6) is 11.5 Å². The van der Waals surface area contributed by atoms with Crippen molar-refractivity contribution < 1.29 is 27.5 Å². The van der Waals surface area contributed by atoms with Gasteiger partial charge in [-0.1, -0.05) is 31.5 Å². The summed E-state index contributed by atoms with van der Waals surface area (Å²) in [4.78, 5) is 24.0. The Morgan fingerprint density at radius 3 is 2.33 bits per heavy atom. The zero-order chi connectivity index (χ0) is 24.8. The van der Waals surface area contributed by atoms with Gasteiger partial charge in [-0.15, -0.1) is 0 Å². The smallest absolute Gasteiger partial charge is 0.308 e. The van der Waals surface area contributed by atoms with Crippen molar-refractivity contribution >= 4 is 50.7 Å². The van der Waals surface area contributed by atoms with Gasteiger partial charge in [-0.05, 0) is 65.3 Å². The normalized spacial score (nSPS) is 12.6. The van der Waals surface area contributed by atoms with E-state index in [1.807, 2.05) is 29.5 Å². The first-order chi connectivity index (χ1) is 15.4. The Balaban J connectivity index is 2.16. The molecule has 9 nitrogen and oxygen atoms in total. The van der Waals surface area contributed by atoms with Crippen LogP contribution in [0.2, 0.25) is 0 Å². The molecule has 0 aliphatic rings. The maximum absolute atomic E-state index is 12.7. The van der Waals surface area contributed by atoms with Gasteiger partial charge in [0.15, 0.2) is 11.5 Å². The highest BCUT2D eigenvalue weighted by molar-refractivity contribution is 14.1. The summed E-state index contributed by atoms with van der Waals surface area (Å²) in [5, 5.41) is 3.94. The van der Waals surface area contributed by atoms with Crippen LogP contribution in [0.15, 0.2) is 46.4 Å². The maximum Gasteiger partial charge on any atom is 0.308 e. The van der Waals surface area contributed by atoms with E-state index in [2.05, 4.69) is 15.2 Å². The molecular weight excluding hydrogens is 561 g/mol. The fraction of sp³-hybridized carbons (Fsp3) is 0.318. The number of nitrogens with zero attached hydrogens (tertiary/aromatic N) is 1. The van der Waals surface area contributed by atoms with Crippen LogP contribution in [0.25, 0.3) is 0 Å². The minimum Gasteiger partial charge on any atom is -0.493 e. The number of aryl methyl sites for hydroxylation is 1. The Morgan fingerprint density at radius 2 is 1.79 bits per heavy atom. The monoisotopic (exact) mass is 587 g/mol. The Labute approximate surface area is 207 Å². The number of carbonyl (C=O) groups excluding carboxylic acids is 2. The van der Waals surface area contributed by atoms with Crippen molar-refractivity contribution in [2.75, 3.05) is 7.11 Å². The maximum atomic E-state index is 12.7. The minimum absolute atomic E-state index is 0.0737. The number of ether oxygens (including phenoxy) is 2. The van der Waals surface area contributed by atoms with Crippen molar-refractivity contribution in [1.29, 1.82) is 0 Å². The lowest BCUT2D eigenvalue weighted by atomic mass is 10.1. The van der Waals surface area contributed by atoms with Gasteiger partial charge in [0.05, 0.1) is 21.8 Å². The Bertz CT molecular complexity index is 1150. The molecule has 0 heterocycles. The fourth-order valence-corrected chi connectivity index (χ4v) is 4.82. The number of benzene rings is 2. The van der Waals surface area contributed by atoms with Gasteiger partial charge in [-0.3, -0.25) is 9.59 Å². The van der Waals surface area contributed by atoms with Crippen LogP contribution in [0, 0.1) is 16.4 Å². The van der Waals surface area contributed by atoms with Gasteiger partial charge in [0.1, 0.15) is 6.04 Å². The average molecular weight is 587 g/mol. The van der Waals surface area contributed by atoms with E-state index in [4.69, 9.17) is 9.47 Å². The zero-order valence-corrected chi connectivity index (χ0v) is 21.9. The van der Waals surface area contributed by atoms with Crippen LogP contribution in [0.3, 0.4) is 0 Å². The molecule has 0 unspecified atom stereocenters. The first-order valence-electron chi connectivity index (χ1n) is 9.92. The van der Waals surface area contributed by atoms with Crippen LogP contribution in [-0.4, -0.2) is 39.7 Å². The number of carbonyl (C=O) groups is 2. The molecule has 2 aromatic carbocycles. The number of hydrogen-bond acceptors (Lipinski definition) is 7. The lowest BCUT2D eigenvalue weighted by molar-refractivity contribution is -0.132. The third-order valence-corrected chi connectivity index (χ3v) is 6.71. The molecule has 0 saturated heterocycles. The molecule has 0 bridgehead atoms. The largest absolute Gasteiger partial charge is 0.493 e. The number of nitrogens with one attached hydrogen (secondary N) is 2. The summed E-state index contributed by atoms with van der Waals surface area (Å²) in [7, 11) is -2.46. The van der Waals surface area contributed by atoms with Gasteiger partial charge in [-0.25, -0.2) is 13.8 Å². The molecule has 0 radical (unpaired) electrons. The van der Waals surface area contributed by atoms with Crippen LogP contribution in [0.1, 0.15) is 31.9 Å². The van der Waals surface area contributed by atoms with Crippen molar-refractivity contribution in [3.05, 3.63) is 51.1 Å². The molecular formula is C22H26IN3O6S. The molecule has 0 aliphatic carbocycles. The van der Waals surface area contributed by atoms with E-state index in [1.54, 1.807) is 38.1 Å². The second-order valence-corrected chi connectivity index (χ2v) is 10.4. The second-order valence-electron chi connectivity index (χ2n) is 7.52. The number of rotatable bonds is 9. The number of methoxy groups -OCH3 is 1. The van der Waals surface area contributed by atoms with Crippen molar-refractivity contribution in [1.82, 2.24) is 10.1 Å². The lowest BCUT2D eigenvalue weighted by Crippen LogP contribution is -2.48. The summed E-state index contributed by atoms with van der Waals surface area (Å²) < 4.78 is 38.9. The highest BCUT2D eigenvalue weighted by Gasteiger charge is 2.28. The topological polar surface area (TPSA) is 123 Å². The first-order valence-corrected chi connectivity index (χ1v) is 12.5. The molecule has 0 fully saturated rings. The Morgan fingerprint density at radius 1 is 1.15 bits per heavy atom. The molecule has 178 valence electrons. The predicted octanol–water partition coefficient (Wildman–Crippen LogP) is 2.99. The standard InChI is InChI=1S/C22H26IN3O6S/c1-13(2)20(26-33(29,30)17-8-6-14(3)7-9-17)22(28)25-24-12-16-10-18(23)21(32-15(4)27)19(11-16)31-5/h6-13,20,26H,1-5H3,(H,25,28)/b24-12-/t20-/m0/s1. The summed E-state index contributed by atoms with van der Waals surface area (Å²) in [6.07, 6.45) is 1.38. The van der Waals surface area contributed by atoms with E-state index in [0.717, 1.165) is 5.56 Å². The van der Waals surface area contributed by atoms with E-state index in [1.165, 1.54) is 32.4 Å². The van der Waals surface area contributed by atoms with Crippen molar-refractivity contribution in [2.24, 2.45) is 11.0 Å². The van der Waals surface area contributed by atoms with Crippen molar-refractivity contribution in [2.45, 2.75) is 38.6 Å². The number of esters is 1. The third kappa shape index (κ3) is 7.51. The van der Waals surface area contributed by atoms with Gasteiger partial charge in [0.2, 0.25) is 10.0 Å². The van der Waals surface area contributed by atoms with Gasteiger partial charge >= 0.3 is 5.97 Å². The number of hydrogen-bond donors (Lipinski definition) is 2. The molecule has 0 aliphatic heterocycles. The minimum atomic E-state index is -3.89. The summed E-state index contributed by atoms with van der Waals surface area (Å²) in [6, 6.07) is 8.60. The highest BCUT2D eigenvalue weighted by atomic mass is 127. The van der Waals surface area contributed by atoms with Crippen LogP contribution >= 0.6 is 22.6 Å². The lowest BCUT2D eigenvalue weighted by Gasteiger charge is -2.20. The highest BCUT2D eigenvalue weighted by Crippen LogP contribution is 2.33. The van der Waals surface area contributed by atoms with Gasteiger partial charge < -0.3 is 9.47 Å². The quantitative estimate of drug-likeness (QED) is 0.153. The third-order valence-electron chi connectivity index (χ3n) is 4.45. The number of amides is 1. The summed E-state index contributed by atoms with van der Waals surface area (Å²) in [5.41, 5.74) is 3.88. The molecule has 2 aromatic rings. The molecule has 0 spiro atoms. The summed E-state index contributed by atoms with van der Waals surface area (Å²) in [5.74, 6) is -0.791. The van der Waals surface area contributed by atoms with E-state index in [-0.39, 0.29) is 16.6 Å². The number of hydrazone groups is 1. The number of halogens is 1. The average Bonchev–Trinajstić information content (AvgIpc) is 2.73. The first kappa shape index (κ1) is 26.7. The van der Waals surface area contributed by atoms with Crippen molar-refractivity contribution in [3.63, 3.8) is 0 Å². The molecule has 2 rings (SSSR count). The van der Waals surface area contributed by atoms with Gasteiger partial charge in [-0.2, -0.15) is 9.82 Å². The molecule has 1 atom stereocenters. The Hall–Kier alpha value is -2.51. The molecule has 0 saturated carbocycles. The Kier molecular flexibility index (Phi) is 9.37. The summed E-state index contributed by atoms with van der Waals surface area (Å²) in [6.45, 7) is 6.60. The predicted molar refractivity (Wildman–Crippen MR) is 133 cm³/mol. The fourth-order valence-electron chi connectivity index (χ4n) is 2.74. The number of sulfonamides is 1. The zero-order valence-electron chi connectivity index (χ0n) is 18.9. The second kappa shape index (κ2) is 11.6. The molecule has 1 amide bonds. The van der Waals surface area contributed by atoms with Crippen molar-refractivity contribution in [3.8, 4) is 11.5 Å². The van der Waals surface area contributed by atoms with E-state index < -0.39 is 27.9 Å². The molecule has 33 heavy (non-hydrogen) atoms. The van der Waals surface area contributed by atoms with Crippen LogP contribution in [-0.2, 0) is 19.6 Å². The van der Waals surface area contributed by atoms with E-state index in [0.29, 0.717) is 14.9 Å². The molecule has 2 N–H and O–H groups in total. The van der Waals surface area contributed by atoms with Crippen LogP contribution in [0.4, 0.5) is 0 Å². The van der Waals surface area contributed by atoms with Crippen LogP contribution < -0.4 is 19.6 Å². The molecule has 0 aromatic heterocycles. The molecule has 11 heteroatoms. The summed E-state index contributed by atoms with van der Waals surface area (Å²) >= 11 is 1.99. The van der Waals surface area contributed by atoms with Gasteiger partial charge in [0.25, 0.3) is 5.91 Å².